The second kappa shape index (κ2) is 9.72. The van der Waals surface area contributed by atoms with Crippen molar-refractivity contribution >= 4 is 23.4 Å². The second-order valence-electron chi connectivity index (χ2n) is 8.11. The molecule has 1 atom stereocenters. The van der Waals surface area contributed by atoms with Gasteiger partial charge >= 0.3 is 0 Å². The summed E-state index contributed by atoms with van der Waals surface area (Å²) < 4.78 is 13.2. The van der Waals surface area contributed by atoms with Crippen LogP contribution in [0.4, 0.5) is 0 Å². The van der Waals surface area contributed by atoms with E-state index in [1.54, 1.807) is 12.5 Å². The zero-order chi connectivity index (χ0) is 23.5. The van der Waals surface area contributed by atoms with Crippen LogP contribution in [-0.2, 0) is 11.3 Å². The first-order chi connectivity index (χ1) is 16.6. The lowest BCUT2D eigenvalue weighted by Crippen LogP contribution is -2.28. The van der Waals surface area contributed by atoms with Gasteiger partial charge in [-0.2, -0.15) is 5.10 Å². The van der Waals surface area contributed by atoms with Crippen molar-refractivity contribution in [2.24, 2.45) is 5.10 Å². The molecule has 1 aromatic carbocycles. The van der Waals surface area contributed by atoms with Crippen LogP contribution in [0.5, 0.6) is 0 Å². The van der Waals surface area contributed by atoms with Crippen molar-refractivity contribution in [1.82, 2.24) is 19.8 Å². The third-order valence-corrected chi connectivity index (χ3v) is 6.56. The summed E-state index contributed by atoms with van der Waals surface area (Å²) in [7, 11) is 0. The van der Waals surface area contributed by atoms with Crippen molar-refractivity contribution in [1.29, 1.82) is 0 Å². The molecule has 0 saturated carbocycles. The topological polar surface area (TPSA) is 89.7 Å². The number of amides is 1. The van der Waals surface area contributed by atoms with Crippen LogP contribution in [0.1, 0.15) is 42.9 Å². The Morgan fingerprint density at radius 1 is 1.12 bits per heavy atom. The minimum Gasteiger partial charge on any atom is -0.467 e. The lowest BCUT2D eigenvalue weighted by atomic mass is 10.1. The summed E-state index contributed by atoms with van der Waals surface area (Å²) in [5.41, 5.74) is 2.90. The Balaban J connectivity index is 1.36. The molecular weight excluding hydrogens is 450 g/mol. The van der Waals surface area contributed by atoms with E-state index in [1.807, 2.05) is 36.4 Å². The molecule has 8 nitrogen and oxygen atoms in total. The average Bonchev–Trinajstić information content (AvgIpc) is 3.64. The first-order valence-electron chi connectivity index (χ1n) is 11.2. The Morgan fingerprint density at radius 2 is 1.97 bits per heavy atom. The molecule has 5 rings (SSSR count). The minimum absolute atomic E-state index is 0.129. The Hall–Kier alpha value is -3.59. The van der Waals surface area contributed by atoms with Gasteiger partial charge < -0.3 is 13.4 Å². The van der Waals surface area contributed by atoms with Gasteiger partial charge in [0.1, 0.15) is 23.3 Å². The molecule has 0 aliphatic carbocycles. The molecular formula is C25H25N5O3S. The van der Waals surface area contributed by atoms with Crippen LogP contribution in [0.3, 0.4) is 0 Å². The Bertz CT molecular complexity index is 1290. The van der Waals surface area contributed by atoms with Crippen LogP contribution in [0.15, 0.2) is 80.1 Å². The van der Waals surface area contributed by atoms with Gasteiger partial charge in [-0.15, -0.1) is 10.2 Å². The molecule has 0 fully saturated rings. The number of furan rings is 2. The van der Waals surface area contributed by atoms with Crippen LogP contribution in [0.25, 0.3) is 11.4 Å². The van der Waals surface area contributed by atoms with E-state index in [0.29, 0.717) is 17.9 Å². The number of carbonyl (C=O) groups is 1. The van der Waals surface area contributed by atoms with E-state index in [2.05, 4.69) is 45.8 Å². The maximum Gasteiger partial charge on any atom is 0.253 e. The molecule has 1 unspecified atom stereocenters. The van der Waals surface area contributed by atoms with Crippen molar-refractivity contribution < 1.29 is 13.6 Å². The average molecular weight is 476 g/mol. The number of hydrogen-bond donors (Lipinski definition) is 0. The van der Waals surface area contributed by atoms with Crippen molar-refractivity contribution in [3.63, 3.8) is 0 Å². The molecule has 174 valence electrons. The summed E-state index contributed by atoms with van der Waals surface area (Å²) >= 11 is 1.37. The van der Waals surface area contributed by atoms with Gasteiger partial charge in [0.25, 0.3) is 5.91 Å². The number of rotatable bonds is 8. The van der Waals surface area contributed by atoms with Gasteiger partial charge in [0.05, 0.1) is 18.3 Å². The van der Waals surface area contributed by atoms with Gasteiger partial charge in [0, 0.05) is 18.5 Å². The quantitative estimate of drug-likeness (QED) is 0.321. The SMILES string of the molecule is CCCn1c(SCC(=O)N2N=C(c3ccco3)CC2c2ccco2)nnc1-c1cccc(C)c1. The fourth-order valence-electron chi connectivity index (χ4n) is 4.05. The van der Waals surface area contributed by atoms with Crippen molar-refractivity contribution in [2.75, 3.05) is 5.75 Å². The number of nitrogens with zero attached hydrogens (tertiary/aromatic N) is 5. The van der Waals surface area contributed by atoms with E-state index in [-0.39, 0.29) is 17.7 Å². The van der Waals surface area contributed by atoms with Gasteiger partial charge in [-0.1, -0.05) is 42.4 Å². The number of carbonyl (C=O) groups excluding carboxylic acids is 1. The number of hydrazone groups is 1. The normalized spacial score (nSPS) is 15.6. The molecule has 4 aromatic rings. The van der Waals surface area contributed by atoms with Crippen LogP contribution in [-0.4, -0.2) is 37.1 Å². The molecule has 0 bridgehead atoms. The highest BCUT2D eigenvalue weighted by atomic mass is 32.2. The van der Waals surface area contributed by atoms with Crippen molar-refractivity contribution in [3.05, 3.63) is 78.1 Å². The molecule has 0 N–H and O–H groups in total. The molecule has 34 heavy (non-hydrogen) atoms. The maximum atomic E-state index is 13.3. The third kappa shape index (κ3) is 4.43. The van der Waals surface area contributed by atoms with Crippen LogP contribution < -0.4 is 0 Å². The Morgan fingerprint density at radius 3 is 2.71 bits per heavy atom. The van der Waals surface area contributed by atoms with Gasteiger partial charge in [0.15, 0.2) is 11.0 Å². The molecule has 9 heteroatoms. The monoisotopic (exact) mass is 475 g/mol. The molecule has 3 aromatic heterocycles. The predicted octanol–water partition coefficient (Wildman–Crippen LogP) is 5.32. The summed E-state index contributed by atoms with van der Waals surface area (Å²) in [6, 6.07) is 15.2. The fraction of sp³-hybridized carbons (Fsp3) is 0.280. The standard InChI is InChI=1S/C25H25N5O3S/c1-3-11-29-24(18-8-4-7-17(2)14-18)26-27-25(29)34-16-23(31)30-20(22-10-6-13-33-22)15-19(28-30)21-9-5-12-32-21/h4-10,12-14,20H,3,11,15-16H2,1-2H3. The first kappa shape index (κ1) is 22.2. The lowest BCUT2D eigenvalue weighted by Gasteiger charge is -2.19. The summed E-state index contributed by atoms with van der Waals surface area (Å²) in [5, 5.41) is 15.7. The second-order valence-corrected chi connectivity index (χ2v) is 9.06. The third-order valence-electron chi connectivity index (χ3n) is 5.61. The highest BCUT2D eigenvalue weighted by Crippen LogP contribution is 2.34. The molecule has 4 heterocycles. The predicted molar refractivity (Wildman–Crippen MR) is 129 cm³/mol. The summed E-state index contributed by atoms with van der Waals surface area (Å²) in [6.07, 6.45) is 4.67. The van der Waals surface area contributed by atoms with Crippen LogP contribution in [0.2, 0.25) is 0 Å². The Labute approximate surface area is 201 Å². The number of benzene rings is 1. The first-order valence-corrected chi connectivity index (χ1v) is 12.2. The lowest BCUT2D eigenvalue weighted by molar-refractivity contribution is -0.130. The zero-order valence-corrected chi connectivity index (χ0v) is 19.9. The van der Waals surface area contributed by atoms with Gasteiger partial charge in [-0.05, 0) is 43.7 Å². The highest BCUT2D eigenvalue weighted by Gasteiger charge is 2.35. The van der Waals surface area contributed by atoms with E-state index in [9.17, 15) is 4.79 Å². The number of thioether (sulfide) groups is 1. The molecule has 1 aliphatic rings. The van der Waals surface area contributed by atoms with E-state index >= 15 is 0 Å². The number of aryl methyl sites for hydroxylation is 1. The van der Waals surface area contributed by atoms with Crippen LogP contribution >= 0.6 is 11.8 Å². The zero-order valence-electron chi connectivity index (χ0n) is 19.0. The van der Waals surface area contributed by atoms with Crippen molar-refractivity contribution in [3.8, 4) is 11.4 Å². The fourth-order valence-corrected chi connectivity index (χ4v) is 4.86. The van der Waals surface area contributed by atoms with Gasteiger partial charge in [0.2, 0.25) is 0 Å². The van der Waals surface area contributed by atoms with Crippen molar-refractivity contribution in [2.45, 2.75) is 44.4 Å². The smallest absolute Gasteiger partial charge is 0.253 e. The van der Waals surface area contributed by atoms with E-state index < -0.39 is 0 Å². The number of aromatic nitrogens is 3. The van der Waals surface area contributed by atoms with E-state index in [0.717, 1.165) is 40.8 Å². The molecule has 0 spiro atoms. The summed E-state index contributed by atoms with van der Waals surface area (Å²) in [6.45, 7) is 4.94. The Kier molecular flexibility index (Phi) is 6.35. The molecule has 1 aliphatic heterocycles. The highest BCUT2D eigenvalue weighted by molar-refractivity contribution is 7.99. The van der Waals surface area contributed by atoms with E-state index in [1.165, 1.54) is 16.8 Å². The summed E-state index contributed by atoms with van der Waals surface area (Å²) in [4.78, 5) is 13.3. The molecule has 0 saturated heterocycles. The maximum absolute atomic E-state index is 13.3. The van der Waals surface area contributed by atoms with Crippen LogP contribution in [0, 0.1) is 6.92 Å². The molecule has 0 radical (unpaired) electrons. The summed E-state index contributed by atoms with van der Waals surface area (Å²) in [5.74, 6) is 2.22. The molecule has 1 amide bonds. The van der Waals surface area contributed by atoms with E-state index in [4.69, 9.17) is 8.83 Å². The minimum atomic E-state index is -0.306. The van der Waals surface area contributed by atoms with Gasteiger partial charge in [-0.25, -0.2) is 5.01 Å². The van der Waals surface area contributed by atoms with Gasteiger partial charge in [-0.3, -0.25) is 4.79 Å². The largest absolute Gasteiger partial charge is 0.467 e. The number of hydrogen-bond acceptors (Lipinski definition) is 7.